The van der Waals surface area contributed by atoms with Gasteiger partial charge in [0.1, 0.15) is 0 Å². The summed E-state index contributed by atoms with van der Waals surface area (Å²) in [4.78, 5) is 17.8. The third kappa shape index (κ3) is 5.17. The van der Waals surface area contributed by atoms with E-state index in [2.05, 4.69) is 15.0 Å². The largest absolute Gasteiger partial charge is 0.454 e. The number of fused-ring (bicyclic) bond motifs is 1. The van der Waals surface area contributed by atoms with Crippen molar-refractivity contribution >= 4 is 21.6 Å². The summed E-state index contributed by atoms with van der Waals surface area (Å²) >= 11 is 0. The number of carbonyl (C=O) groups is 1. The SMILES string of the molecule is Cc1ccc(NC(=O)C2(c3ccc4c(c3)OCO4)CC2)cc1-c1ccc(S(=O)(=O)NCCc2ccccn2)cc1. The number of hydrogen-bond donors (Lipinski definition) is 2. The first-order valence-corrected chi connectivity index (χ1v) is 14.6. The number of anilines is 1. The molecule has 0 atom stereocenters. The third-order valence-electron chi connectivity index (χ3n) is 7.48. The van der Waals surface area contributed by atoms with E-state index >= 15 is 0 Å². The topological polar surface area (TPSA) is 107 Å². The number of nitrogens with zero attached hydrogens (tertiary/aromatic N) is 1. The number of rotatable bonds is 9. The Morgan fingerprint density at radius 1 is 0.950 bits per heavy atom. The van der Waals surface area contributed by atoms with E-state index in [4.69, 9.17) is 9.47 Å². The average molecular weight is 556 g/mol. The van der Waals surface area contributed by atoms with Crippen LogP contribution in [0.25, 0.3) is 11.1 Å². The standard InChI is InChI=1S/C31H29N3O5S/c1-21-5-9-25(34-30(35)31(14-15-31)23-8-12-28-29(18-23)39-20-38-28)19-27(21)22-6-10-26(11-7-22)40(36,37)33-17-13-24-4-2-3-16-32-24/h2-12,16,18-19,33H,13-15,17,20H2,1H3,(H,34,35). The Hall–Kier alpha value is -4.21. The zero-order valence-electron chi connectivity index (χ0n) is 22.0. The first-order chi connectivity index (χ1) is 19.3. The zero-order valence-corrected chi connectivity index (χ0v) is 22.8. The summed E-state index contributed by atoms with van der Waals surface area (Å²) in [5, 5.41) is 3.10. The maximum atomic E-state index is 13.4. The lowest BCUT2D eigenvalue weighted by Gasteiger charge is -2.17. The molecule has 9 heteroatoms. The van der Waals surface area contributed by atoms with Gasteiger partial charge < -0.3 is 14.8 Å². The van der Waals surface area contributed by atoms with Crippen molar-refractivity contribution in [1.82, 2.24) is 9.71 Å². The van der Waals surface area contributed by atoms with Crippen LogP contribution >= 0.6 is 0 Å². The Bertz CT molecular complexity index is 1670. The summed E-state index contributed by atoms with van der Waals surface area (Å²) in [5.74, 6) is 1.31. The summed E-state index contributed by atoms with van der Waals surface area (Å²) < 4.78 is 39.2. The highest BCUT2D eigenvalue weighted by Crippen LogP contribution is 2.51. The predicted molar refractivity (Wildman–Crippen MR) is 152 cm³/mol. The van der Waals surface area contributed by atoms with Crippen LogP contribution in [0.3, 0.4) is 0 Å². The van der Waals surface area contributed by atoms with Crippen molar-refractivity contribution in [2.75, 3.05) is 18.7 Å². The molecule has 6 rings (SSSR count). The van der Waals surface area contributed by atoms with Crippen LogP contribution in [0.15, 0.2) is 90.0 Å². The minimum Gasteiger partial charge on any atom is -0.454 e. The number of pyridine rings is 1. The smallest absolute Gasteiger partial charge is 0.240 e. The van der Waals surface area contributed by atoms with Gasteiger partial charge in [0.25, 0.3) is 0 Å². The molecule has 40 heavy (non-hydrogen) atoms. The lowest BCUT2D eigenvalue weighted by Crippen LogP contribution is -2.27. The fourth-order valence-corrected chi connectivity index (χ4v) is 6.02. The van der Waals surface area contributed by atoms with E-state index in [1.165, 1.54) is 0 Å². The minimum atomic E-state index is -3.65. The van der Waals surface area contributed by atoms with Crippen LogP contribution in [0.4, 0.5) is 5.69 Å². The highest BCUT2D eigenvalue weighted by atomic mass is 32.2. The van der Waals surface area contributed by atoms with Gasteiger partial charge in [-0.2, -0.15) is 0 Å². The first kappa shape index (κ1) is 26.0. The average Bonchev–Trinajstić information content (AvgIpc) is 3.65. The van der Waals surface area contributed by atoms with E-state index in [1.807, 2.05) is 61.5 Å². The number of benzene rings is 3. The van der Waals surface area contributed by atoms with Gasteiger partial charge in [0, 0.05) is 30.5 Å². The molecule has 4 aromatic rings. The van der Waals surface area contributed by atoms with Gasteiger partial charge in [0.05, 0.1) is 10.3 Å². The van der Waals surface area contributed by atoms with E-state index < -0.39 is 15.4 Å². The fourth-order valence-electron chi connectivity index (χ4n) is 4.98. The molecule has 0 spiro atoms. The molecule has 2 heterocycles. The molecule has 1 aromatic heterocycles. The second kappa shape index (κ2) is 10.4. The van der Waals surface area contributed by atoms with Crippen LogP contribution < -0.4 is 19.5 Å². The van der Waals surface area contributed by atoms with Crippen LogP contribution in [0.1, 0.15) is 29.7 Å². The minimum absolute atomic E-state index is 0.0561. The number of amides is 1. The Labute approximate surface area is 233 Å². The summed E-state index contributed by atoms with van der Waals surface area (Å²) in [6.07, 6.45) is 3.73. The lowest BCUT2D eigenvalue weighted by atomic mass is 9.94. The van der Waals surface area contributed by atoms with Gasteiger partial charge >= 0.3 is 0 Å². The van der Waals surface area contributed by atoms with Crippen molar-refractivity contribution < 1.29 is 22.7 Å². The van der Waals surface area contributed by atoms with Gasteiger partial charge in [-0.15, -0.1) is 0 Å². The van der Waals surface area contributed by atoms with Gasteiger partial charge in [0.2, 0.25) is 22.7 Å². The molecule has 0 unspecified atom stereocenters. The van der Waals surface area contributed by atoms with Crippen molar-refractivity contribution in [3.05, 3.63) is 102 Å². The highest BCUT2D eigenvalue weighted by molar-refractivity contribution is 7.89. The first-order valence-electron chi connectivity index (χ1n) is 13.2. The molecule has 0 bridgehead atoms. The second-order valence-corrected chi connectivity index (χ2v) is 11.9. The van der Waals surface area contributed by atoms with Gasteiger partial charge in [-0.3, -0.25) is 9.78 Å². The Kier molecular flexibility index (Phi) is 6.77. The third-order valence-corrected chi connectivity index (χ3v) is 8.96. The van der Waals surface area contributed by atoms with Crippen molar-refractivity contribution in [1.29, 1.82) is 0 Å². The summed E-state index contributed by atoms with van der Waals surface area (Å²) in [7, 11) is -3.65. The van der Waals surface area contributed by atoms with E-state index in [9.17, 15) is 13.2 Å². The molecule has 1 fully saturated rings. The maximum absolute atomic E-state index is 13.4. The zero-order chi connectivity index (χ0) is 27.7. The molecule has 0 radical (unpaired) electrons. The van der Waals surface area contributed by atoms with Gasteiger partial charge in [0.15, 0.2) is 11.5 Å². The van der Waals surface area contributed by atoms with Crippen molar-refractivity contribution in [2.45, 2.75) is 36.5 Å². The number of ether oxygens (including phenoxy) is 2. The molecule has 8 nitrogen and oxygen atoms in total. The number of hydrogen-bond acceptors (Lipinski definition) is 6. The Morgan fingerprint density at radius 2 is 1.75 bits per heavy atom. The predicted octanol–water partition coefficient (Wildman–Crippen LogP) is 4.98. The summed E-state index contributed by atoms with van der Waals surface area (Å²) in [5.41, 5.74) is 4.64. The second-order valence-electron chi connectivity index (χ2n) is 10.1. The van der Waals surface area contributed by atoms with E-state index in [0.29, 0.717) is 23.6 Å². The summed E-state index contributed by atoms with van der Waals surface area (Å²) in [6, 6.07) is 23.8. The van der Waals surface area contributed by atoms with Crippen LogP contribution in [0.5, 0.6) is 11.5 Å². The highest BCUT2D eigenvalue weighted by Gasteiger charge is 2.51. The quantitative estimate of drug-likeness (QED) is 0.302. The Balaban J connectivity index is 1.15. The molecule has 0 saturated heterocycles. The maximum Gasteiger partial charge on any atom is 0.240 e. The monoisotopic (exact) mass is 555 g/mol. The number of aromatic nitrogens is 1. The molecule has 1 aliphatic heterocycles. The van der Waals surface area contributed by atoms with Crippen molar-refractivity contribution in [3.63, 3.8) is 0 Å². The van der Waals surface area contributed by atoms with E-state index in [-0.39, 0.29) is 24.1 Å². The van der Waals surface area contributed by atoms with E-state index in [0.717, 1.165) is 40.8 Å². The van der Waals surface area contributed by atoms with Crippen molar-refractivity contribution in [3.8, 4) is 22.6 Å². The molecule has 2 N–H and O–H groups in total. The number of nitrogens with one attached hydrogen (secondary N) is 2. The van der Waals surface area contributed by atoms with Gasteiger partial charge in [-0.25, -0.2) is 13.1 Å². The van der Waals surface area contributed by atoms with Gasteiger partial charge in [-0.1, -0.05) is 30.3 Å². The van der Waals surface area contributed by atoms with Gasteiger partial charge in [-0.05, 0) is 90.6 Å². The molecular formula is C31H29N3O5S. The number of aryl methyl sites for hydroxylation is 1. The van der Waals surface area contributed by atoms with Crippen LogP contribution in [0, 0.1) is 6.92 Å². The molecule has 1 amide bonds. The van der Waals surface area contributed by atoms with Crippen molar-refractivity contribution in [2.24, 2.45) is 0 Å². The molecular weight excluding hydrogens is 526 g/mol. The fraction of sp³-hybridized carbons (Fsp3) is 0.226. The molecule has 2 aliphatic rings. The van der Waals surface area contributed by atoms with Crippen LogP contribution in [0.2, 0.25) is 0 Å². The number of sulfonamides is 1. The molecule has 1 aliphatic carbocycles. The van der Waals surface area contributed by atoms with Crippen LogP contribution in [-0.2, 0) is 26.7 Å². The lowest BCUT2D eigenvalue weighted by molar-refractivity contribution is -0.118. The number of carbonyl (C=O) groups excluding carboxylic acids is 1. The normalized spacial score (nSPS) is 15.0. The molecule has 3 aromatic carbocycles. The Morgan fingerprint density at radius 3 is 2.50 bits per heavy atom. The van der Waals surface area contributed by atoms with E-state index in [1.54, 1.807) is 30.5 Å². The summed E-state index contributed by atoms with van der Waals surface area (Å²) in [6.45, 7) is 2.44. The molecule has 1 saturated carbocycles. The van der Waals surface area contributed by atoms with Crippen LogP contribution in [-0.4, -0.2) is 32.6 Å². The molecule has 204 valence electrons.